The van der Waals surface area contributed by atoms with E-state index in [2.05, 4.69) is 4.90 Å². The van der Waals surface area contributed by atoms with Gasteiger partial charge in [0.15, 0.2) is 11.5 Å². The highest BCUT2D eigenvalue weighted by molar-refractivity contribution is 5.75. The first-order chi connectivity index (χ1) is 13.9. The maximum atomic E-state index is 13.5. The average Bonchev–Trinajstić information content (AvgIpc) is 2.73. The first kappa shape index (κ1) is 21.3. The molecule has 0 saturated carbocycles. The number of methoxy groups -OCH3 is 2. The van der Waals surface area contributed by atoms with E-state index in [1.807, 2.05) is 0 Å². The van der Waals surface area contributed by atoms with Crippen molar-refractivity contribution >= 4 is 0 Å². The van der Waals surface area contributed by atoms with Crippen molar-refractivity contribution in [2.45, 2.75) is 6.18 Å². The summed E-state index contributed by atoms with van der Waals surface area (Å²) in [4.78, 5) is 2.16. The number of benzene rings is 2. The van der Waals surface area contributed by atoms with Crippen molar-refractivity contribution in [3.63, 3.8) is 0 Å². The molecule has 1 fully saturated rings. The molecule has 0 amide bonds. The highest BCUT2D eigenvalue weighted by atomic mass is 19.4. The average molecular weight is 411 g/mol. The summed E-state index contributed by atoms with van der Waals surface area (Å²) in [6.07, 6.45) is -4.50. The maximum absolute atomic E-state index is 13.5. The van der Waals surface area contributed by atoms with Gasteiger partial charge in [-0.05, 0) is 29.8 Å². The van der Waals surface area contributed by atoms with E-state index in [0.717, 1.165) is 25.2 Å². The van der Waals surface area contributed by atoms with Crippen LogP contribution in [-0.4, -0.2) is 58.6 Å². The van der Waals surface area contributed by atoms with Gasteiger partial charge >= 0.3 is 6.18 Å². The number of morpholine rings is 1. The minimum absolute atomic E-state index is 0.160. The molecule has 0 atom stereocenters. The molecule has 0 aromatic heterocycles. The molecule has 2 aromatic rings. The third kappa shape index (κ3) is 5.33. The molecule has 29 heavy (non-hydrogen) atoms. The van der Waals surface area contributed by atoms with Crippen LogP contribution < -0.4 is 14.2 Å². The van der Waals surface area contributed by atoms with E-state index >= 15 is 0 Å². The predicted octanol–water partition coefficient (Wildman–Crippen LogP) is 4.10. The standard InChI is InChI=1S/C21H24F3NO4/c1-26-19-5-3-4-18(20(19)27-2)15-12-16(21(22,23)24)14-17(13-15)29-11-8-25-6-9-28-10-7-25/h3-5,12-14H,6-11H2,1-2H3. The van der Waals surface area contributed by atoms with Gasteiger partial charge in [0.1, 0.15) is 12.4 Å². The topological polar surface area (TPSA) is 40.2 Å². The smallest absolute Gasteiger partial charge is 0.416 e. The molecule has 8 heteroatoms. The molecule has 2 aromatic carbocycles. The summed E-state index contributed by atoms with van der Waals surface area (Å²) in [5.74, 6) is 0.971. The third-order valence-electron chi connectivity index (χ3n) is 4.73. The number of rotatable bonds is 7. The molecule has 1 heterocycles. The second kappa shape index (κ2) is 9.37. The quantitative estimate of drug-likeness (QED) is 0.686. The Kier molecular flexibility index (Phi) is 6.87. The summed E-state index contributed by atoms with van der Waals surface area (Å²) < 4.78 is 62.0. The van der Waals surface area contributed by atoms with Crippen molar-refractivity contribution in [3.8, 4) is 28.4 Å². The van der Waals surface area contributed by atoms with Crippen LogP contribution in [0.1, 0.15) is 5.56 Å². The Morgan fingerprint density at radius 2 is 1.79 bits per heavy atom. The highest BCUT2D eigenvalue weighted by Gasteiger charge is 2.32. The fourth-order valence-electron chi connectivity index (χ4n) is 3.23. The molecule has 1 aliphatic heterocycles. The van der Waals surface area contributed by atoms with Gasteiger partial charge in [0.2, 0.25) is 0 Å². The lowest BCUT2D eigenvalue weighted by Gasteiger charge is -2.26. The Hall–Kier alpha value is -2.45. The van der Waals surface area contributed by atoms with Crippen molar-refractivity contribution in [2.24, 2.45) is 0 Å². The molecular formula is C21H24F3NO4. The van der Waals surface area contributed by atoms with Crippen molar-refractivity contribution < 1.29 is 32.1 Å². The summed E-state index contributed by atoms with van der Waals surface area (Å²) in [5, 5.41) is 0. The zero-order chi connectivity index (χ0) is 20.9. The fraction of sp³-hybridized carbons (Fsp3) is 0.429. The number of halogens is 3. The zero-order valence-corrected chi connectivity index (χ0v) is 16.4. The van der Waals surface area contributed by atoms with Gasteiger partial charge in [-0.15, -0.1) is 0 Å². The van der Waals surface area contributed by atoms with E-state index in [1.54, 1.807) is 24.3 Å². The molecule has 1 aliphatic rings. The Bertz CT molecular complexity index is 820. The summed E-state index contributed by atoms with van der Waals surface area (Å²) in [5.41, 5.74) is 0.0640. The second-order valence-corrected chi connectivity index (χ2v) is 6.59. The largest absolute Gasteiger partial charge is 0.493 e. The van der Waals surface area contributed by atoms with E-state index < -0.39 is 11.7 Å². The van der Waals surface area contributed by atoms with Crippen LogP contribution >= 0.6 is 0 Å². The Balaban J connectivity index is 1.88. The van der Waals surface area contributed by atoms with Gasteiger partial charge in [-0.1, -0.05) is 12.1 Å². The lowest BCUT2D eigenvalue weighted by atomic mass is 10.0. The van der Waals surface area contributed by atoms with Gasteiger partial charge in [-0.25, -0.2) is 0 Å². The minimum Gasteiger partial charge on any atom is -0.493 e. The van der Waals surface area contributed by atoms with E-state index in [-0.39, 0.29) is 12.4 Å². The van der Waals surface area contributed by atoms with Gasteiger partial charge < -0.3 is 18.9 Å². The number of hydrogen-bond acceptors (Lipinski definition) is 5. The molecule has 0 N–H and O–H groups in total. The summed E-state index contributed by atoms with van der Waals surface area (Å²) >= 11 is 0. The zero-order valence-electron chi connectivity index (χ0n) is 16.4. The number of para-hydroxylation sites is 1. The summed E-state index contributed by atoms with van der Waals surface area (Å²) in [7, 11) is 2.93. The van der Waals surface area contributed by atoms with Crippen LogP contribution in [0.2, 0.25) is 0 Å². The van der Waals surface area contributed by atoms with Gasteiger partial charge in [0.25, 0.3) is 0 Å². The van der Waals surface area contributed by atoms with E-state index in [4.69, 9.17) is 18.9 Å². The third-order valence-corrected chi connectivity index (χ3v) is 4.73. The van der Waals surface area contributed by atoms with E-state index in [1.165, 1.54) is 14.2 Å². The second-order valence-electron chi connectivity index (χ2n) is 6.59. The van der Waals surface area contributed by atoms with Crippen molar-refractivity contribution in [2.75, 3.05) is 53.7 Å². The van der Waals surface area contributed by atoms with E-state index in [0.29, 0.717) is 42.4 Å². The fourth-order valence-corrected chi connectivity index (χ4v) is 3.23. The molecule has 0 radical (unpaired) electrons. The Labute approximate surface area is 167 Å². The number of hydrogen-bond donors (Lipinski definition) is 0. The van der Waals surface area contributed by atoms with Crippen LogP contribution in [-0.2, 0) is 10.9 Å². The Morgan fingerprint density at radius 3 is 2.45 bits per heavy atom. The molecule has 158 valence electrons. The lowest BCUT2D eigenvalue weighted by Crippen LogP contribution is -2.38. The SMILES string of the molecule is COc1cccc(-c2cc(OCCN3CCOCC3)cc(C(F)(F)F)c2)c1OC. The van der Waals surface area contributed by atoms with E-state index in [9.17, 15) is 13.2 Å². The minimum atomic E-state index is -4.50. The number of ether oxygens (including phenoxy) is 4. The first-order valence-corrected chi connectivity index (χ1v) is 9.29. The van der Waals surface area contributed by atoms with Gasteiger partial charge in [-0.2, -0.15) is 13.2 Å². The van der Waals surface area contributed by atoms with Crippen molar-refractivity contribution in [1.82, 2.24) is 4.90 Å². The van der Waals surface area contributed by atoms with Crippen LogP contribution in [0.4, 0.5) is 13.2 Å². The monoisotopic (exact) mass is 411 g/mol. The first-order valence-electron chi connectivity index (χ1n) is 9.29. The van der Waals surface area contributed by atoms with Gasteiger partial charge in [0, 0.05) is 25.2 Å². The summed E-state index contributed by atoms with van der Waals surface area (Å²) in [6.45, 7) is 3.80. The van der Waals surface area contributed by atoms with Crippen LogP contribution in [0.5, 0.6) is 17.2 Å². The van der Waals surface area contributed by atoms with Crippen LogP contribution in [0, 0.1) is 0 Å². The molecule has 1 saturated heterocycles. The molecule has 0 bridgehead atoms. The Morgan fingerprint density at radius 1 is 1.03 bits per heavy atom. The molecule has 0 aliphatic carbocycles. The predicted molar refractivity (Wildman–Crippen MR) is 103 cm³/mol. The van der Waals surface area contributed by atoms with Crippen LogP contribution in [0.3, 0.4) is 0 Å². The van der Waals surface area contributed by atoms with Gasteiger partial charge in [-0.3, -0.25) is 4.90 Å². The van der Waals surface area contributed by atoms with Crippen LogP contribution in [0.15, 0.2) is 36.4 Å². The lowest BCUT2D eigenvalue weighted by molar-refractivity contribution is -0.137. The molecule has 0 spiro atoms. The molecule has 5 nitrogen and oxygen atoms in total. The van der Waals surface area contributed by atoms with Gasteiger partial charge in [0.05, 0.1) is 33.0 Å². The van der Waals surface area contributed by atoms with Crippen molar-refractivity contribution in [3.05, 3.63) is 42.0 Å². The number of alkyl halides is 3. The maximum Gasteiger partial charge on any atom is 0.416 e. The molecular weight excluding hydrogens is 387 g/mol. The molecule has 0 unspecified atom stereocenters. The molecule has 3 rings (SSSR count). The number of nitrogens with zero attached hydrogens (tertiary/aromatic N) is 1. The normalized spacial score (nSPS) is 15.2. The van der Waals surface area contributed by atoms with Crippen LogP contribution in [0.25, 0.3) is 11.1 Å². The van der Waals surface area contributed by atoms with Crippen molar-refractivity contribution in [1.29, 1.82) is 0 Å². The summed E-state index contributed by atoms with van der Waals surface area (Å²) in [6, 6.07) is 8.79. The highest BCUT2D eigenvalue weighted by Crippen LogP contribution is 2.41.